The Labute approximate surface area is 115 Å². The first-order valence-electron chi connectivity index (χ1n) is 6.50. The molecule has 0 radical (unpaired) electrons. The van der Waals surface area contributed by atoms with Crippen LogP contribution in [0.1, 0.15) is 26.3 Å². The lowest BCUT2D eigenvalue weighted by Crippen LogP contribution is -2.38. The van der Waals surface area contributed by atoms with Crippen LogP contribution < -0.4 is 5.32 Å². The second-order valence-corrected chi connectivity index (χ2v) is 4.92. The van der Waals surface area contributed by atoms with Gasteiger partial charge in [0.05, 0.1) is 5.02 Å². The fourth-order valence-electron chi connectivity index (χ4n) is 1.92. The Bertz CT molecular complexity index is 367. The number of halogens is 1. The van der Waals surface area contributed by atoms with E-state index in [0.29, 0.717) is 17.6 Å². The highest BCUT2D eigenvalue weighted by molar-refractivity contribution is 6.32. The maximum absolute atomic E-state index is 9.80. The van der Waals surface area contributed by atoms with Crippen molar-refractivity contribution < 1.29 is 5.11 Å². The van der Waals surface area contributed by atoms with Crippen molar-refractivity contribution >= 4 is 11.6 Å². The number of hydrogen-bond donors (Lipinski definition) is 2. The van der Waals surface area contributed by atoms with Crippen LogP contribution in [0.15, 0.2) is 18.2 Å². The van der Waals surface area contributed by atoms with Gasteiger partial charge in [0.15, 0.2) is 0 Å². The molecular weight excluding hydrogens is 248 g/mol. The second kappa shape index (κ2) is 7.62. The minimum absolute atomic E-state index is 0.182. The molecule has 0 saturated carbocycles. The monoisotopic (exact) mass is 270 g/mol. The Balaban J connectivity index is 2.47. The van der Waals surface area contributed by atoms with E-state index in [2.05, 4.69) is 31.0 Å². The van der Waals surface area contributed by atoms with Gasteiger partial charge < -0.3 is 15.3 Å². The van der Waals surface area contributed by atoms with E-state index in [4.69, 9.17) is 11.6 Å². The first-order valence-corrected chi connectivity index (χ1v) is 6.88. The third-order valence-corrected chi connectivity index (χ3v) is 3.44. The number of phenolic OH excluding ortho intramolecular Hbond substituents is 1. The molecule has 0 spiro atoms. The van der Waals surface area contributed by atoms with Gasteiger partial charge in [0.1, 0.15) is 5.75 Å². The standard InChI is InChI=1S/C14H23ClN2O/c1-4-17(5-2)10-11(3)16-9-12-7-6-8-13(15)14(12)18/h6-8,11,16,18H,4-5,9-10H2,1-3H3. The topological polar surface area (TPSA) is 35.5 Å². The molecule has 1 atom stereocenters. The van der Waals surface area contributed by atoms with Crippen molar-refractivity contribution in [3.05, 3.63) is 28.8 Å². The zero-order valence-electron chi connectivity index (χ0n) is 11.4. The highest BCUT2D eigenvalue weighted by Crippen LogP contribution is 2.26. The van der Waals surface area contributed by atoms with E-state index in [-0.39, 0.29) is 5.75 Å². The van der Waals surface area contributed by atoms with Gasteiger partial charge in [-0.1, -0.05) is 37.6 Å². The Morgan fingerprint density at radius 3 is 2.61 bits per heavy atom. The Kier molecular flexibility index (Phi) is 6.47. The number of nitrogens with zero attached hydrogens (tertiary/aromatic N) is 1. The van der Waals surface area contributed by atoms with Crippen LogP contribution >= 0.6 is 11.6 Å². The van der Waals surface area contributed by atoms with Crippen LogP contribution in [0.4, 0.5) is 0 Å². The van der Waals surface area contributed by atoms with Crippen LogP contribution in [-0.2, 0) is 6.54 Å². The highest BCUT2D eigenvalue weighted by atomic mass is 35.5. The van der Waals surface area contributed by atoms with Crippen molar-refractivity contribution in [2.24, 2.45) is 0 Å². The van der Waals surface area contributed by atoms with Crippen LogP contribution in [0.5, 0.6) is 5.75 Å². The van der Waals surface area contributed by atoms with Crippen molar-refractivity contribution in [2.45, 2.75) is 33.4 Å². The molecule has 0 aliphatic heterocycles. The van der Waals surface area contributed by atoms with Crippen molar-refractivity contribution in [2.75, 3.05) is 19.6 Å². The van der Waals surface area contributed by atoms with E-state index >= 15 is 0 Å². The number of benzene rings is 1. The van der Waals surface area contributed by atoms with Crippen molar-refractivity contribution in [3.63, 3.8) is 0 Å². The molecule has 1 unspecified atom stereocenters. The molecule has 2 N–H and O–H groups in total. The molecule has 0 amide bonds. The number of likely N-dealkylation sites (N-methyl/N-ethyl adjacent to an activating group) is 1. The molecular formula is C14H23ClN2O. The van der Waals surface area contributed by atoms with Crippen LogP contribution in [-0.4, -0.2) is 35.7 Å². The lowest BCUT2D eigenvalue weighted by molar-refractivity contribution is 0.270. The molecule has 18 heavy (non-hydrogen) atoms. The van der Waals surface area contributed by atoms with E-state index in [1.807, 2.05) is 12.1 Å². The summed E-state index contributed by atoms with van der Waals surface area (Å²) in [5.74, 6) is 0.182. The number of nitrogens with one attached hydrogen (secondary N) is 1. The number of hydrogen-bond acceptors (Lipinski definition) is 3. The van der Waals surface area contributed by atoms with E-state index < -0.39 is 0 Å². The molecule has 0 aromatic heterocycles. The molecule has 0 heterocycles. The first-order chi connectivity index (χ1) is 8.58. The predicted octanol–water partition coefficient (Wildman–Crippen LogP) is 2.87. The van der Waals surface area contributed by atoms with Crippen molar-refractivity contribution in [1.82, 2.24) is 10.2 Å². The predicted molar refractivity (Wildman–Crippen MR) is 77.2 cm³/mol. The molecule has 0 bridgehead atoms. The number of aromatic hydroxyl groups is 1. The zero-order chi connectivity index (χ0) is 13.5. The SMILES string of the molecule is CCN(CC)CC(C)NCc1cccc(Cl)c1O. The molecule has 0 fully saturated rings. The van der Waals surface area contributed by atoms with Gasteiger partial charge in [-0.05, 0) is 26.1 Å². The molecule has 4 heteroatoms. The van der Waals surface area contributed by atoms with E-state index in [1.54, 1.807) is 6.07 Å². The largest absolute Gasteiger partial charge is 0.506 e. The summed E-state index contributed by atoms with van der Waals surface area (Å²) in [6, 6.07) is 5.81. The molecule has 0 aliphatic carbocycles. The minimum atomic E-state index is 0.182. The smallest absolute Gasteiger partial charge is 0.138 e. The summed E-state index contributed by atoms with van der Waals surface area (Å²) in [4.78, 5) is 2.37. The van der Waals surface area contributed by atoms with Crippen LogP contribution in [0, 0.1) is 0 Å². The van der Waals surface area contributed by atoms with Gasteiger partial charge in [-0.15, -0.1) is 0 Å². The number of phenols is 1. The molecule has 0 saturated heterocycles. The summed E-state index contributed by atoms with van der Waals surface area (Å²) in [5.41, 5.74) is 0.842. The summed E-state index contributed by atoms with van der Waals surface area (Å²) in [7, 11) is 0. The third kappa shape index (κ3) is 4.48. The molecule has 1 aromatic carbocycles. The second-order valence-electron chi connectivity index (χ2n) is 4.52. The van der Waals surface area contributed by atoms with Gasteiger partial charge in [0, 0.05) is 24.7 Å². The number of para-hydroxylation sites is 1. The van der Waals surface area contributed by atoms with Crippen molar-refractivity contribution in [3.8, 4) is 5.75 Å². The van der Waals surface area contributed by atoms with Gasteiger partial charge in [0.2, 0.25) is 0 Å². The van der Waals surface area contributed by atoms with Crippen molar-refractivity contribution in [1.29, 1.82) is 0 Å². The van der Waals surface area contributed by atoms with Crippen LogP contribution in [0.3, 0.4) is 0 Å². The van der Waals surface area contributed by atoms with Crippen LogP contribution in [0.2, 0.25) is 5.02 Å². The summed E-state index contributed by atoms with van der Waals surface area (Å²) in [6.45, 7) is 10.2. The fourth-order valence-corrected chi connectivity index (χ4v) is 2.11. The summed E-state index contributed by atoms with van der Waals surface area (Å²) in [6.07, 6.45) is 0. The lowest BCUT2D eigenvalue weighted by Gasteiger charge is -2.23. The van der Waals surface area contributed by atoms with Gasteiger partial charge in [-0.2, -0.15) is 0 Å². The lowest BCUT2D eigenvalue weighted by atomic mass is 10.2. The van der Waals surface area contributed by atoms with Gasteiger partial charge in [-0.3, -0.25) is 0 Å². The Hall–Kier alpha value is -0.770. The third-order valence-electron chi connectivity index (χ3n) is 3.14. The van der Waals surface area contributed by atoms with Gasteiger partial charge in [0.25, 0.3) is 0 Å². The average Bonchev–Trinajstić information content (AvgIpc) is 2.37. The van der Waals surface area contributed by atoms with Gasteiger partial charge in [-0.25, -0.2) is 0 Å². The molecule has 1 rings (SSSR count). The maximum atomic E-state index is 9.80. The maximum Gasteiger partial charge on any atom is 0.138 e. The first kappa shape index (κ1) is 15.3. The average molecular weight is 271 g/mol. The summed E-state index contributed by atoms with van der Waals surface area (Å²) in [5, 5.41) is 13.6. The van der Waals surface area contributed by atoms with E-state index in [0.717, 1.165) is 25.2 Å². The molecule has 102 valence electrons. The highest BCUT2D eigenvalue weighted by Gasteiger charge is 2.09. The Morgan fingerprint density at radius 1 is 1.33 bits per heavy atom. The van der Waals surface area contributed by atoms with Gasteiger partial charge >= 0.3 is 0 Å². The summed E-state index contributed by atoms with van der Waals surface area (Å²) < 4.78 is 0. The fraction of sp³-hybridized carbons (Fsp3) is 0.571. The zero-order valence-corrected chi connectivity index (χ0v) is 12.2. The molecule has 3 nitrogen and oxygen atoms in total. The van der Waals surface area contributed by atoms with E-state index in [9.17, 15) is 5.11 Å². The molecule has 1 aromatic rings. The number of rotatable bonds is 7. The Morgan fingerprint density at radius 2 is 2.00 bits per heavy atom. The molecule has 0 aliphatic rings. The normalized spacial score (nSPS) is 12.9. The van der Waals surface area contributed by atoms with Crippen LogP contribution in [0.25, 0.3) is 0 Å². The quantitative estimate of drug-likeness (QED) is 0.800. The minimum Gasteiger partial charge on any atom is -0.506 e. The summed E-state index contributed by atoms with van der Waals surface area (Å²) >= 11 is 5.87. The van der Waals surface area contributed by atoms with E-state index in [1.165, 1.54) is 0 Å².